The van der Waals surface area contributed by atoms with E-state index < -0.39 is 12.1 Å². The first-order chi connectivity index (χ1) is 13.4. The molecule has 0 aromatic heterocycles. The predicted molar refractivity (Wildman–Crippen MR) is 111 cm³/mol. The lowest BCUT2D eigenvalue weighted by atomic mass is 9.78. The fourth-order valence-corrected chi connectivity index (χ4v) is 1.98. The average Bonchev–Trinajstić information content (AvgIpc) is 2.69. The molecular weight excluding hydrogens is 376 g/mol. The van der Waals surface area contributed by atoms with E-state index in [0.29, 0.717) is 0 Å². The van der Waals surface area contributed by atoms with Crippen LogP contribution in [0.2, 0.25) is 0 Å². The molecule has 6 N–H and O–H groups in total. The Bertz CT molecular complexity index is 686. The number of aliphatic hydroxyl groups is 3. The maximum absolute atomic E-state index is 9.60. The average molecular weight is 406 g/mol. The van der Waals surface area contributed by atoms with Crippen molar-refractivity contribution in [2.45, 2.75) is 32.3 Å². The molecule has 7 heteroatoms. The molecule has 0 fully saturated rings. The van der Waals surface area contributed by atoms with Gasteiger partial charge in [0.1, 0.15) is 17.6 Å². The number of carbonyl (C=O) groups is 1. The first-order valence-corrected chi connectivity index (χ1v) is 8.83. The molecule has 2 rings (SSSR count). The van der Waals surface area contributed by atoms with Crippen LogP contribution in [-0.4, -0.2) is 55.9 Å². The van der Waals surface area contributed by atoms with Gasteiger partial charge in [0.15, 0.2) is 0 Å². The van der Waals surface area contributed by atoms with Crippen molar-refractivity contribution < 1.29 is 35.4 Å². The Kier molecular flexibility index (Phi) is 11.3. The summed E-state index contributed by atoms with van der Waals surface area (Å²) in [6, 6.07) is 14.4. The second-order valence-electron chi connectivity index (χ2n) is 6.82. The number of phenolic OH excluding ortho intramolecular Hbond substituents is 2. The van der Waals surface area contributed by atoms with Gasteiger partial charge in [0.25, 0.3) is 0 Å². The highest BCUT2D eigenvalue weighted by molar-refractivity contribution is 5.84. The van der Waals surface area contributed by atoms with Gasteiger partial charge in [0, 0.05) is 11.0 Å². The summed E-state index contributed by atoms with van der Waals surface area (Å²) in [6.07, 6.45) is -0.954. The Morgan fingerprint density at radius 3 is 1.34 bits per heavy atom. The van der Waals surface area contributed by atoms with Crippen LogP contribution in [0.5, 0.6) is 11.5 Å². The molecular formula is C22H30O7. The molecule has 0 aliphatic heterocycles. The van der Waals surface area contributed by atoms with Crippen molar-refractivity contribution in [1.82, 2.24) is 0 Å². The van der Waals surface area contributed by atoms with Gasteiger partial charge in [0.05, 0.1) is 13.2 Å². The summed E-state index contributed by atoms with van der Waals surface area (Å²) in [4.78, 5) is 9.60. The minimum absolute atomic E-state index is 0.151. The minimum Gasteiger partial charge on any atom is -0.508 e. The van der Waals surface area contributed by atoms with Crippen molar-refractivity contribution >= 4 is 5.97 Å². The van der Waals surface area contributed by atoms with Crippen LogP contribution in [0.3, 0.4) is 0 Å². The van der Waals surface area contributed by atoms with E-state index in [2.05, 4.69) is 20.4 Å². The maximum Gasteiger partial charge on any atom is 0.330 e. The molecule has 7 nitrogen and oxygen atoms in total. The van der Waals surface area contributed by atoms with Crippen molar-refractivity contribution in [1.29, 1.82) is 0 Å². The first kappa shape index (κ1) is 26.1. The van der Waals surface area contributed by atoms with Gasteiger partial charge in [-0.2, -0.15) is 0 Å². The number of aliphatic hydroxyl groups excluding tert-OH is 3. The van der Waals surface area contributed by atoms with Gasteiger partial charge in [0.2, 0.25) is 0 Å². The third kappa shape index (κ3) is 9.75. The van der Waals surface area contributed by atoms with E-state index in [1.807, 2.05) is 24.3 Å². The molecule has 0 atom stereocenters. The Morgan fingerprint density at radius 2 is 1.17 bits per heavy atom. The lowest BCUT2D eigenvalue weighted by molar-refractivity contribution is -0.132. The van der Waals surface area contributed by atoms with Crippen LogP contribution in [0.15, 0.2) is 60.7 Å². The summed E-state index contributed by atoms with van der Waals surface area (Å²) in [5.74, 6) is -0.388. The van der Waals surface area contributed by atoms with E-state index in [0.717, 1.165) is 11.1 Å². The summed E-state index contributed by atoms with van der Waals surface area (Å²) in [5, 5.41) is 50.5. The molecule has 29 heavy (non-hydrogen) atoms. The number of hydrogen-bond donors (Lipinski definition) is 6. The molecule has 0 saturated carbocycles. The van der Waals surface area contributed by atoms with Crippen molar-refractivity contribution in [2.75, 3.05) is 13.2 Å². The molecule has 0 saturated heterocycles. The van der Waals surface area contributed by atoms with Crippen molar-refractivity contribution in [3.8, 4) is 11.5 Å². The topological polar surface area (TPSA) is 138 Å². The van der Waals surface area contributed by atoms with Gasteiger partial charge >= 0.3 is 5.97 Å². The zero-order valence-electron chi connectivity index (χ0n) is 16.9. The van der Waals surface area contributed by atoms with Crippen molar-refractivity contribution in [3.63, 3.8) is 0 Å². The molecule has 0 radical (unpaired) electrons. The van der Waals surface area contributed by atoms with Crippen LogP contribution in [0.25, 0.3) is 0 Å². The van der Waals surface area contributed by atoms with Crippen LogP contribution in [0.4, 0.5) is 0 Å². The third-order valence-electron chi connectivity index (χ3n) is 3.96. The molecule has 0 heterocycles. The monoisotopic (exact) mass is 406 g/mol. The van der Waals surface area contributed by atoms with E-state index in [9.17, 15) is 15.0 Å². The Morgan fingerprint density at radius 1 is 0.897 bits per heavy atom. The third-order valence-corrected chi connectivity index (χ3v) is 3.96. The van der Waals surface area contributed by atoms with Gasteiger partial charge in [-0.15, -0.1) is 0 Å². The van der Waals surface area contributed by atoms with E-state index in [4.69, 9.17) is 20.4 Å². The minimum atomic E-state index is -0.954. The van der Waals surface area contributed by atoms with Gasteiger partial charge in [-0.25, -0.2) is 4.79 Å². The number of carboxylic acids is 1. The van der Waals surface area contributed by atoms with Crippen LogP contribution < -0.4 is 0 Å². The van der Waals surface area contributed by atoms with Crippen LogP contribution in [0.1, 0.15) is 31.9 Å². The lowest BCUT2D eigenvalue weighted by Gasteiger charge is -2.26. The van der Waals surface area contributed by atoms with E-state index in [1.165, 1.54) is 6.92 Å². The fourth-order valence-electron chi connectivity index (χ4n) is 1.98. The molecule has 2 aromatic carbocycles. The fraction of sp³-hybridized carbons (Fsp3) is 0.318. The van der Waals surface area contributed by atoms with Gasteiger partial charge in [-0.1, -0.05) is 44.7 Å². The van der Waals surface area contributed by atoms with Gasteiger partial charge < -0.3 is 30.6 Å². The zero-order chi connectivity index (χ0) is 22.6. The molecule has 0 unspecified atom stereocenters. The number of aliphatic carboxylic acids is 1. The zero-order valence-corrected chi connectivity index (χ0v) is 16.9. The smallest absolute Gasteiger partial charge is 0.330 e. The van der Waals surface area contributed by atoms with Crippen molar-refractivity contribution in [2.24, 2.45) is 0 Å². The summed E-state index contributed by atoms with van der Waals surface area (Å²) in [5.41, 5.74) is 2.28. The Balaban J connectivity index is 0.000000542. The van der Waals surface area contributed by atoms with E-state index in [1.54, 1.807) is 24.3 Å². The molecule has 0 bridgehead atoms. The first-order valence-electron chi connectivity index (χ1n) is 8.83. The summed E-state index contributed by atoms with van der Waals surface area (Å²) < 4.78 is 0. The van der Waals surface area contributed by atoms with Crippen LogP contribution in [-0.2, 0) is 10.2 Å². The van der Waals surface area contributed by atoms with Crippen LogP contribution in [0, 0.1) is 0 Å². The highest BCUT2D eigenvalue weighted by Crippen LogP contribution is 2.32. The lowest BCUT2D eigenvalue weighted by Crippen LogP contribution is -2.18. The number of carboxylic acid groups (broad SMARTS) is 1. The molecule has 0 amide bonds. The number of rotatable bonds is 5. The quantitative estimate of drug-likeness (QED) is 0.419. The Labute approximate surface area is 170 Å². The Hall–Kier alpha value is -2.87. The second-order valence-corrected chi connectivity index (χ2v) is 6.82. The number of aromatic hydroxyl groups is 2. The molecule has 0 aliphatic carbocycles. The summed E-state index contributed by atoms with van der Waals surface area (Å²) in [6.45, 7) is 8.11. The molecule has 160 valence electrons. The summed E-state index contributed by atoms with van der Waals surface area (Å²) >= 11 is 0. The predicted octanol–water partition coefficient (Wildman–Crippen LogP) is 2.40. The number of benzene rings is 2. The standard InChI is InChI=1S/C15H16O2.C4H6O2.C3H8O3/c1-15(2,11-3-7-13(16)8-4-11)12-5-9-14(17)10-6-12;1-3(2)4(5)6;4-1-3(6)2-5/h3-10,16-17H,1-2H3;1H2,2H3,(H,5,6);3-6H,1-2H2. The maximum atomic E-state index is 9.60. The van der Waals surface area contributed by atoms with Crippen LogP contribution >= 0.6 is 0 Å². The SMILES string of the molecule is C=C(C)C(=O)O.CC(C)(c1ccc(O)cc1)c1ccc(O)cc1.OCC(O)CO. The second kappa shape index (κ2) is 12.6. The van der Waals surface area contributed by atoms with E-state index >= 15 is 0 Å². The molecule has 2 aromatic rings. The van der Waals surface area contributed by atoms with Gasteiger partial charge in [-0.3, -0.25) is 0 Å². The highest BCUT2D eigenvalue weighted by Gasteiger charge is 2.22. The molecule has 0 spiro atoms. The highest BCUT2D eigenvalue weighted by atomic mass is 16.4. The van der Waals surface area contributed by atoms with E-state index in [-0.39, 0.29) is 35.7 Å². The number of hydrogen-bond acceptors (Lipinski definition) is 6. The summed E-state index contributed by atoms with van der Waals surface area (Å²) in [7, 11) is 0. The van der Waals surface area contributed by atoms with Gasteiger partial charge in [-0.05, 0) is 42.3 Å². The normalized spacial score (nSPS) is 10.3. The molecule has 0 aliphatic rings. The van der Waals surface area contributed by atoms with Crippen molar-refractivity contribution in [3.05, 3.63) is 71.8 Å². The number of phenols is 2. The largest absolute Gasteiger partial charge is 0.508 e.